The van der Waals surface area contributed by atoms with E-state index in [1.165, 1.54) is 18.9 Å². The van der Waals surface area contributed by atoms with Gasteiger partial charge in [0.05, 0.1) is 6.61 Å². The lowest BCUT2D eigenvalue weighted by molar-refractivity contribution is 0.293. The second-order valence-electron chi connectivity index (χ2n) is 5.11. The van der Waals surface area contributed by atoms with Gasteiger partial charge in [-0.25, -0.2) is 4.39 Å². The Bertz CT molecular complexity index is 390. The van der Waals surface area contributed by atoms with E-state index in [1.807, 2.05) is 0 Å². The number of benzene rings is 1. The van der Waals surface area contributed by atoms with E-state index < -0.39 is 0 Å². The third-order valence-corrected chi connectivity index (χ3v) is 3.31. The standard InChI is InChI=1S/C15H22FNO/c1-3-8-17-11(2)14-9-13(16)6-7-15(14)18-10-12-4-5-12/h6-7,9,11-12,17H,3-5,8,10H2,1-2H3. The largest absolute Gasteiger partial charge is 0.493 e. The number of hydrogen-bond donors (Lipinski definition) is 1. The molecule has 2 nitrogen and oxygen atoms in total. The molecule has 1 unspecified atom stereocenters. The maximum Gasteiger partial charge on any atom is 0.124 e. The minimum Gasteiger partial charge on any atom is -0.493 e. The molecule has 0 radical (unpaired) electrons. The highest BCUT2D eigenvalue weighted by atomic mass is 19.1. The molecular weight excluding hydrogens is 229 g/mol. The van der Waals surface area contributed by atoms with Crippen molar-refractivity contribution >= 4 is 0 Å². The highest BCUT2D eigenvalue weighted by Gasteiger charge is 2.23. The molecule has 18 heavy (non-hydrogen) atoms. The van der Waals surface area contributed by atoms with Gasteiger partial charge in [-0.05, 0) is 56.8 Å². The fourth-order valence-electron chi connectivity index (χ4n) is 1.95. The molecule has 0 amide bonds. The Hall–Kier alpha value is -1.09. The van der Waals surface area contributed by atoms with Crippen LogP contribution in [0, 0.1) is 11.7 Å². The van der Waals surface area contributed by atoms with Crippen molar-refractivity contribution in [2.24, 2.45) is 5.92 Å². The molecule has 3 heteroatoms. The first kappa shape index (κ1) is 13.3. The van der Waals surface area contributed by atoms with Crippen molar-refractivity contribution in [3.63, 3.8) is 0 Å². The molecule has 1 aliphatic carbocycles. The third-order valence-electron chi connectivity index (χ3n) is 3.31. The predicted molar refractivity (Wildman–Crippen MR) is 71.3 cm³/mol. The zero-order valence-corrected chi connectivity index (χ0v) is 11.2. The molecule has 1 saturated carbocycles. The number of halogens is 1. The summed E-state index contributed by atoms with van der Waals surface area (Å²) in [5, 5.41) is 3.37. The molecule has 1 N–H and O–H groups in total. The van der Waals surface area contributed by atoms with E-state index >= 15 is 0 Å². The van der Waals surface area contributed by atoms with Gasteiger partial charge in [0, 0.05) is 11.6 Å². The van der Waals surface area contributed by atoms with Crippen molar-refractivity contribution in [1.29, 1.82) is 0 Å². The highest BCUT2D eigenvalue weighted by Crippen LogP contribution is 2.32. The zero-order valence-electron chi connectivity index (χ0n) is 11.2. The fourth-order valence-corrected chi connectivity index (χ4v) is 1.95. The molecule has 0 heterocycles. The van der Waals surface area contributed by atoms with Gasteiger partial charge in [-0.2, -0.15) is 0 Å². The van der Waals surface area contributed by atoms with E-state index in [0.29, 0.717) is 5.92 Å². The van der Waals surface area contributed by atoms with Crippen LogP contribution in [0.3, 0.4) is 0 Å². The van der Waals surface area contributed by atoms with E-state index in [4.69, 9.17) is 4.74 Å². The molecule has 2 rings (SSSR count). The lowest BCUT2D eigenvalue weighted by Gasteiger charge is -2.18. The topological polar surface area (TPSA) is 21.3 Å². The maximum atomic E-state index is 13.4. The van der Waals surface area contributed by atoms with Gasteiger partial charge >= 0.3 is 0 Å². The summed E-state index contributed by atoms with van der Waals surface area (Å²) in [6.45, 7) is 5.86. The Kier molecular flexibility index (Phi) is 4.59. The van der Waals surface area contributed by atoms with E-state index in [0.717, 1.165) is 30.9 Å². The molecule has 0 aliphatic heterocycles. The Balaban J connectivity index is 2.05. The van der Waals surface area contributed by atoms with Crippen LogP contribution < -0.4 is 10.1 Å². The van der Waals surface area contributed by atoms with Crippen molar-refractivity contribution in [3.8, 4) is 5.75 Å². The Morgan fingerprint density at radius 3 is 2.89 bits per heavy atom. The summed E-state index contributed by atoms with van der Waals surface area (Å²) in [4.78, 5) is 0. The van der Waals surface area contributed by atoms with E-state index in [-0.39, 0.29) is 11.9 Å². The number of rotatable bonds is 7. The smallest absolute Gasteiger partial charge is 0.124 e. The minimum absolute atomic E-state index is 0.120. The van der Waals surface area contributed by atoms with Gasteiger partial charge in [-0.15, -0.1) is 0 Å². The average molecular weight is 251 g/mol. The molecule has 1 aliphatic rings. The lowest BCUT2D eigenvalue weighted by atomic mass is 10.1. The van der Waals surface area contributed by atoms with Crippen LogP contribution in [0.4, 0.5) is 4.39 Å². The molecule has 0 spiro atoms. The van der Waals surface area contributed by atoms with E-state index in [9.17, 15) is 4.39 Å². The van der Waals surface area contributed by atoms with Crippen LogP contribution in [0.2, 0.25) is 0 Å². The normalized spacial score (nSPS) is 16.6. The molecular formula is C15H22FNO. The molecule has 1 aromatic rings. The summed E-state index contributed by atoms with van der Waals surface area (Å²) in [5.74, 6) is 1.33. The van der Waals surface area contributed by atoms with Gasteiger partial charge in [0.2, 0.25) is 0 Å². The van der Waals surface area contributed by atoms with Crippen molar-refractivity contribution < 1.29 is 9.13 Å². The van der Waals surface area contributed by atoms with Crippen LogP contribution >= 0.6 is 0 Å². The van der Waals surface area contributed by atoms with Crippen LogP contribution in [0.1, 0.15) is 44.7 Å². The first-order valence-corrected chi connectivity index (χ1v) is 6.86. The van der Waals surface area contributed by atoms with Crippen LogP contribution in [0.15, 0.2) is 18.2 Å². The summed E-state index contributed by atoms with van der Waals surface area (Å²) in [6, 6.07) is 4.92. The molecule has 100 valence electrons. The molecule has 1 aromatic carbocycles. The number of ether oxygens (including phenoxy) is 1. The van der Waals surface area contributed by atoms with E-state index in [2.05, 4.69) is 19.2 Å². The molecule has 1 fully saturated rings. The van der Waals surface area contributed by atoms with Crippen molar-refractivity contribution in [1.82, 2.24) is 5.32 Å². The first-order valence-electron chi connectivity index (χ1n) is 6.86. The minimum atomic E-state index is -0.200. The van der Waals surface area contributed by atoms with Crippen LogP contribution in [-0.4, -0.2) is 13.2 Å². The zero-order chi connectivity index (χ0) is 13.0. The van der Waals surface area contributed by atoms with Crippen molar-refractivity contribution in [2.75, 3.05) is 13.2 Å². The van der Waals surface area contributed by atoms with Crippen molar-refractivity contribution in [3.05, 3.63) is 29.6 Å². The number of nitrogens with one attached hydrogen (secondary N) is 1. The second kappa shape index (κ2) is 6.19. The summed E-state index contributed by atoms with van der Waals surface area (Å²) < 4.78 is 19.2. The lowest BCUT2D eigenvalue weighted by Crippen LogP contribution is -2.20. The van der Waals surface area contributed by atoms with Crippen molar-refractivity contribution in [2.45, 2.75) is 39.2 Å². The van der Waals surface area contributed by atoms with Gasteiger partial charge < -0.3 is 10.1 Å². The van der Waals surface area contributed by atoms with Gasteiger partial charge in [-0.3, -0.25) is 0 Å². The molecule has 0 aromatic heterocycles. The highest BCUT2D eigenvalue weighted by molar-refractivity contribution is 5.36. The Labute approximate surface area is 109 Å². The van der Waals surface area contributed by atoms with Crippen LogP contribution in [0.25, 0.3) is 0 Å². The quantitative estimate of drug-likeness (QED) is 0.798. The van der Waals surface area contributed by atoms with Gasteiger partial charge in [0.15, 0.2) is 0 Å². The third kappa shape index (κ3) is 3.70. The van der Waals surface area contributed by atoms with Crippen LogP contribution in [0.5, 0.6) is 5.75 Å². The van der Waals surface area contributed by atoms with Gasteiger partial charge in [0.1, 0.15) is 11.6 Å². The maximum absolute atomic E-state index is 13.4. The molecule has 0 saturated heterocycles. The monoisotopic (exact) mass is 251 g/mol. The average Bonchev–Trinajstić information content (AvgIpc) is 3.18. The summed E-state index contributed by atoms with van der Waals surface area (Å²) >= 11 is 0. The summed E-state index contributed by atoms with van der Waals surface area (Å²) in [7, 11) is 0. The first-order chi connectivity index (χ1) is 8.70. The van der Waals surface area contributed by atoms with E-state index in [1.54, 1.807) is 12.1 Å². The SMILES string of the molecule is CCCNC(C)c1cc(F)ccc1OCC1CC1. The summed E-state index contributed by atoms with van der Waals surface area (Å²) in [6.07, 6.45) is 3.60. The molecule has 0 bridgehead atoms. The second-order valence-corrected chi connectivity index (χ2v) is 5.11. The van der Waals surface area contributed by atoms with Gasteiger partial charge in [0.25, 0.3) is 0 Å². The van der Waals surface area contributed by atoms with Gasteiger partial charge in [-0.1, -0.05) is 6.92 Å². The Morgan fingerprint density at radius 2 is 2.22 bits per heavy atom. The summed E-state index contributed by atoms with van der Waals surface area (Å²) in [5.41, 5.74) is 0.920. The molecule has 1 atom stereocenters. The van der Waals surface area contributed by atoms with Crippen LogP contribution in [-0.2, 0) is 0 Å². The fraction of sp³-hybridized carbons (Fsp3) is 0.600. The number of hydrogen-bond acceptors (Lipinski definition) is 2. The Morgan fingerprint density at radius 1 is 1.44 bits per heavy atom. The predicted octanol–water partition coefficient (Wildman–Crippen LogP) is 3.68.